The molecule has 0 spiro atoms. The minimum absolute atomic E-state index is 0.282. The summed E-state index contributed by atoms with van der Waals surface area (Å²) in [5.74, 6) is -1.09. The van der Waals surface area contributed by atoms with Crippen molar-refractivity contribution in [2.75, 3.05) is 0 Å². The maximum Gasteiger partial charge on any atom is 0.338 e. The monoisotopic (exact) mass is 534 g/mol. The number of rotatable bonds is 10. The van der Waals surface area contributed by atoms with Gasteiger partial charge in [-0.2, -0.15) is 0 Å². The second-order valence-corrected chi connectivity index (χ2v) is 9.38. The van der Waals surface area contributed by atoms with E-state index < -0.39 is 36.4 Å². The highest BCUT2D eigenvalue weighted by molar-refractivity contribution is 5.90. The lowest BCUT2D eigenvalue weighted by atomic mass is 9.94. The minimum Gasteiger partial charge on any atom is -0.452 e. The minimum atomic E-state index is -0.963. The van der Waals surface area contributed by atoms with Gasteiger partial charge < -0.3 is 18.9 Å². The van der Waals surface area contributed by atoms with Crippen LogP contribution in [0.25, 0.3) is 0 Å². The molecule has 0 N–H and O–H groups in total. The van der Waals surface area contributed by atoms with Gasteiger partial charge in [0, 0.05) is 0 Å². The van der Waals surface area contributed by atoms with Crippen LogP contribution in [0.1, 0.15) is 31.8 Å². The summed E-state index contributed by atoms with van der Waals surface area (Å²) in [5.41, 5.74) is 2.69. The zero-order chi connectivity index (χ0) is 27.6. The highest BCUT2D eigenvalue weighted by Gasteiger charge is 2.43. The first-order chi connectivity index (χ1) is 19.7. The van der Waals surface area contributed by atoms with Crippen LogP contribution in [-0.2, 0) is 32.2 Å². The maximum absolute atomic E-state index is 13.2. The summed E-state index contributed by atoms with van der Waals surface area (Å²) in [6.07, 6.45) is 0.337. The molecule has 0 radical (unpaired) electrons. The number of esters is 2. The van der Waals surface area contributed by atoms with Gasteiger partial charge in [-0.05, 0) is 35.4 Å². The Kier molecular flexibility index (Phi) is 9.14. The quantitative estimate of drug-likeness (QED) is 0.179. The molecule has 4 aromatic carbocycles. The average molecular weight is 535 g/mol. The summed E-state index contributed by atoms with van der Waals surface area (Å²) in [6, 6.07) is 36.8. The van der Waals surface area contributed by atoms with Crippen LogP contribution in [0.5, 0.6) is 0 Å². The van der Waals surface area contributed by atoms with E-state index in [0.717, 1.165) is 11.1 Å². The second kappa shape index (κ2) is 13.5. The number of hydrogen-bond donors (Lipinski definition) is 0. The summed E-state index contributed by atoms with van der Waals surface area (Å²) in [7, 11) is 0. The maximum atomic E-state index is 13.2. The van der Waals surface area contributed by atoms with Crippen molar-refractivity contribution >= 4 is 11.9 Å². The lowest BCUT2D eigenvalue weighted by Crippen LogP contribution is -2.52. The fourth-order valence-electron chi connectivity index (χ4n) is 4.45. The van der Waals surface area contributed by atoms with Crippen molar-refractivity contribution in [2.24, 2.45) is 0 Å². The normalized spacial score (nSPS) is 20.0. The third-order valence-corrected chi connectivity index (χ3v) is 6.54. The first-order valence-electron chi connectivity index (χ1n) is 13.2. The van der Waals surface area contributed by atoms with Crippen LogP contribution in [0.15, 0.2) is 133 Å². The molecule has 0 saturated heterocycles. The molecular formula is C34H30O6. The topological polar surface area (TPSA) is 71.1 Å². The zero-order valence-electron chi connectivity index (χ0n) is 21.9. The van der Waals surface area contributed by atoms with Crippen molar-refractivity contribution < 1.29 is 28.5 Å². The Morgan fingerprint density at radius 2 is 0.800 bits per heavy atom. The van der Waals surface area contributed by atoms with E-state index in [-0.39, 0.29) is 13.2 Å². The average Bonchev–Trinajstić information content (AvgIpc) is 3.02. The molecule has 0 aliphatic heterocycles. The molecule has 0 saturated carbocycles. The zero-order valence-corrected chi connectivity index (χ0v) is 21.9. The number of benzene rings is 4. The lowest BCUT2D eigenvalue weighted by molar-refractivity contribution is -0.136. The Bertz CT molecular complexity index is 1280. The highest BCUT2D eigenvalue weighted by Crippen LogP contribution is 2.28. The van der Waals surface area contributed by atoms with Crippen LogP contribution < -0.4 is 0 Å². The van der Waals surface area contributed by atoms with Crippen molar-refractivity contribution in [3.63, 3.8) is 0 Å². The Balaban J connectivity index is 1.44. The first-order valence-corrected chi connectivity index (χ1v) is 13.2. The molecule has 1 aliphatic rings. The molecule has 4 aromatic rings. The van der Waals surface area contributed by atoms with Crippen molar-refractivity contribution in [1.29, 1.82) is 0 Å². The molecule has 0 fully saturated rings. The number of carbonyl (C=O) groups excluding carboxylic acids is 2. The van der Waals surface area contributed by atoms with E-state index in [2.05, 4.69) is 0 Å². The Morgan fingerprint density at radius 1 is 0.475 bits per heavy atom. The molecule has 0 aromatic heterocycles. The van der Waals surface area contributed by atoms with E-state index in [1.807, 2.05) is 84.9 Å². The molecule has 0 unspecified atom stereocenters. The van der Waals surface area contributed by atoms with Gasteiger partial charge in [0.2, 0.25) is 0 Å². The Labute approximate surface area is 233 Å². The van der Waals surface area contributed by atoms with E-state index in [1.165, 1.54) is 0 Å². The van der Waals surface area contributed by atoms with Gasteiger partial charge in [-0.25, -0.2) is 9.59 Å². The van der Waals surface area contributed by atoms with Gasteiger partial charge in [-0.15, -0.1) is 0 Å². The molecule has 0 heterocycles. The Hall–Kier alpha value is -4.52. The third-order valence-electron chi connectivity index (χ3n) is 6.54. The summed E-state index contributed by atoms with van der Waals surface area (Å²) in [6.45, 7) is 0.564. The lowest BCUT2D eigenvalue weighted by Gasteiger charge is -2.38. The predicted molar refractivity (Wildman–Crippen MR) is 150 cm³/mol. The van der Waals surface area contributed by atoms with Crippen molar-refractivity contribution in [1.82, 2.24) is 0 Å². The van der Waals surface area contributed by atoms with Gasteiger partial charge in [0.05, 0.1) is 24.3 Å². The number of hydrogen-bond acceptors (Lipinski definition) is 6. The summed E-state index contributed by atoms with van der Waals surface area (Å²) < 4.78 is 24.5. The van der Waals surface area contributed by atoms with Gasteiger partial charge >= 0.3 is 11.9 Å². The van der Waals surface area contributed by atoms with E-state index in [9.17, 15) is 9.59 Å². The van der Waals surface area contributed by atoms with Crippen LogP contribution >= 0.6 is 0 Å². The smallest absolute Gasteiger partial charge is 0.338 e. The van der Waals surface area contributed by atoms with Crippen LogP contribution in [0.3, 0.4) is 0 Å². The predicted octanol–water partition coefficient (Wildman–Crippen LogP) is 6.18. The molecule has 4 atom stereocenters. The SMILES string of the molecule is O=C(O[C@@H]1[C@H](OC(=O)c2ccccc2)[C@@H](OCc2ccccc2)C=C[C@@H]1OCc1ccccc1)c1ccccc1. The van der Waals surface area contributed by atoms with Crippen LogP contribution in [0.2, 0.25) is 0 Å². The van der Waals surface area contributed by atoms with Crippen molar-refractivity contribution in [3.8, 4) is 0 Å². The van der Waals surface area contributed by atoms with Gasteiger partial charge in [0.25, 0.3) is 0 Å². The number of carbonyl (C=O) groups is 2. The fraction of sp³-hybridized carbons (Fsp3) is 0.176. The van der Waals surface area contributed by atoms with Crippen molar-refractivity contribution in [3.05, 3.63) is 156 Å². The van der Waals surface area contributed by atoms with E-state index >= 15 is 0 Å². The molecule has 0 amide bonds. The third kappa shape index (κ3) is 7.11. The van der Waals surface area contributed by atoms with Crippen LogP contribution in [0, 0.1) is 0 Å². The van der Waals surface area contributed by atoms with Gasteiger partial charge in [0.15, 0.2) is 12.2 Å². The van der Waals surface area contributed by atoms with Crippen LogP contribution in [-0.4, -0.2) is 36.4 Å². The number of ether oxygens (including phenoxy) is 4. The molecule has 6 nitrogen and oxygen atoms in total. The molecule has 202 valence electrons. The molecule has 6 heteroatoms. The second-order valence-electron chi connectivity index (χ2n) is 9.38. The summed E-state index contributed by atoms with van der Waals surface area (Å²) in [5, 5.41) is 0. The highest BCUT2D eigenvalue weighted by atomic mass is 16.6. The van der Waals surface area contributed by atoms with E-state index in [0.29, 0.717) is 11.1 Å². The standard InChI is InChI=1S/C34H30O6/c35-33(27-17-9-3-10-18-27)39-31-29(37-23-25-13-5-1-6-14-25)21-22-30(38-24-26-15-7-2-8-16-26)32(31)40-34(36)28-19-11-4-12-20-28/h1-22,29-32H,23-24H2/t29-,30-,31-,32+/m0/s1. The molecule has 0 bridgehead atoms. The molecule has 5 rings (SSSR count). The van der Waals surface area contributed by atoms with Crippen LogP contribution in [0.4, 0.5) is 0 Å². The molecule has 1 aliphatic carbocycles. The Morgan fingerprint density at radius 3 is 1.15 bits per heavy atom. The van der Waals surface area contributed by atoms with Gasteiger partial charge in [0.1, 0.15) is 12.2 Å². The largest absolute Gasteiger partial charge is 0.452 e. The van der Waals surface area contributed by atoms with Crippen molar-refractivity contribution in [2.45, 2.75) is 37.6 Å². The molecular weight excluding hydrogens is 504 g/mol. The first kappa shape index (κ1) is 27.1. The van der Waals surface area contributed by atoms with Gasteiger partial charge in [-0.3, -0.25) is 0 Å². The molecule has 40 heavy (non-hydrogen) atoms. The summed E-state index contributed by atoms with van der Waals surface area (Å²) >= 11 is 0. The summed E-state index contributed by atoms with van der Waals surface area (Å²) in [4.78, 5) is 26.5. The fourth-order valence-corrected chi connectivity index (χ4v) is 4.45. The van der Waals surface area contributed by atoms with E-state index in [1.54, 1.807) is 48.5 Å². The van der Waals surface area contributed by atoms with Gasteiger partial charge in [-0.1, -0.05) is 109 Å². The van der Waals surface area contributed by atoms with E-state index in [4.69, 9.17) is 18.9 Å².